The molecular weight excluding hydrogens is 427 g/mol. The first-order valence-corrected chi connectivity index (χ1v) is 9.98. The third-order valence-corrected chi connectivity index (χ3v) is 5.75. The molecule has 5 rings (SSSR count). The van der Waals surface area contributed by atoms with Crippen LogP contribution in [0.3, 0.4) is 0 Å². The van der Waals surface area contributed by atoms with Gasteiger partial charge in [0.1, 0.15) is 11.2 Å². The Labute approximate surface area is 179 Å². The van der Waals surface area contributed by atoms with Gasteiger partial charge >= 0.3 is 6.18 Å². The van der Waals surface area contributed by atoms with Crippen molar-refractivity contribution in [2.75, 3.05) is 11.9 Å². The van der Waals surface area contributed by atoms with Gasteiger partial charge < -0.3 is 15.1 Å². The molecule has 3 aromatic rings. The van der Waals surface area contributed by atoms with E-state index in [2.05, 4.69) is 37.5 Å². The van der Waals surface area contributed by atoms with Gasteiger partial charge in [-0.3, -0.25) is 9.48 Å². The van der Waals surface area contributed by atoms with Gasteiger partial charge in [-0.05, 0) is 31.4 Å². The summed E-state index contributed by atoms with van der Waals surface area (Å²) in [7, 11) is 0. The molecule has 1 amide bonds. The lowest BCUT2D eigenvalue weighted by molar-refractivity contribution is -0.137. The lowest BCUT2D eigenvalue weighted by Gasteiger charge is -2.15. The molecule has 1 atom stereocenters. The first-order chi connectivity index (χ1) is 15.3. The number of anilines is 2. The maximum atomic E-state index is 12.8. The van der Waals surface area contributed by atoms with E-state index in [1.165, 1.54) is 12.1 Å². The molecule has 1 saturated heterocycles. The highest BCUT2D eigenvalue weighted by Gasteiger charge is 2.46. The number of aryl methyl sites for hydroxylation is 1. The number of carbonyl (C=O) groups excluding carboxylic acids is 1. The molecule has 0 spiro atoms. The van der Waals surface area contributed by atoms with Crippen molar-refractivity contribution in [2.45, 2.75) is 37.4 Å². The van der Waals surface area contributed by atoms with Crippen LogP contribution in [-0.2, 0) is 29.4 Å². The Morgan fingerprint density at radius 1 is 1.31 bits per heavy atom. The molecule has 0 radical (unpaired) electrons. The number of alkyl halides is 3. The summed E-state index contributed by atoms with van der Waals surface area (Å²) in [5.74, 6) is 0.170. The molecule has 1 fully saturated rings. The van der Waals surface area contributed by atoms with Gasteiger partial charge in [-0.25, -0.2) is 4.98 Å². The third kappa shape index (κ3) is 3.13. The van der Waals surface area contributed by atoms with E-state index in [4.69, 9.17) is 4.42 Å². The van der Waals surface area contributed by atoms with E-state index in [9.17, 15) is 18.0 Å². The molecule has 2 aliphatic rings. The molecule has 5 heterocycles. The van der Waals surface area contributed by atoms with Crippen LogP contribution in [0, 0.1) is 0 Å². The van der Waals surface area contributed by atoms with Crippen molar-refractivity contribution in [2.24, 2.45) is 0 Å². The predicted octanol–water partition coefficient (Wildman–Crippen LogP) is 2.98. The molecule has 12 heteroatoms. The number of fused-ring (bicyclic) bond motifs is 1. The SMILES string of the molecule is C=C[C@]1(c2nnc(-c3nn4c(c3Nc3ccc(C(F)(F)F)cn3)CCC4)o2)CCNC1=O. The van der Waals surface area contributed by atoms with Crippen LogP contribution in [0.15, 0.2) is 35.4 Å². The summed E-state index contributed by atoms with van der Waals surface area (Å²) in [6.45, 7) is 4.90. The molecule has 0 aliphatic carbocycles. The highest BCUT2D eigenvalue weighted by molar-refractivity contribution is 5.91. The Bertz CT molecular complexity index is 1200. The number of amides is 1. The average molecular weight is 445 g/mol. The van der Waals surface area contributed by atoms with Gasteiger partial charge in [0.2, 0.25) is 11.8 Å². The molecule has 2 aliphatic heterocycles. The molecule has 0 unspecified atom stereocenters. The predicted molar refractivity (Wildman–Crippen MR) is 106 cm³/mol. The minimum atomic E-state index is -4.47. The van der Waals surface area contributed by atoms with Gasteiger partial charge in [-0.15, -0.1) is 16.8 Å². The van der Waals surface area contributed by atoms with Gasteiger partial charge in [-0.2, -0.15) is 18.3 Å². The van der Waals surface area contributed by atoms with Gasteiger partial charge in [0.05, 0.1) is 16.9 Å². The zero-order valence-electron chi connectivity index (χ0n) is 16.7. The van der Waals surface area contributed by atoms with Crippen molar-refractivity contribution in [1.29, 1.82) is 0 Å². The van der Waals surface area contributed by atoms with Crippen molar-refractivity contribution in [3.8, 4) is 11.6 Å². The van der Waals surface area contributed by atoms with Crippen LogP contribution in [0.25, 0.3) is 11.6 Å². The van der Waals surface area contributed by atoms with Crippen LogP contribution < -0.4 is 10.6 Å². The first-order valence-electron chi connectivity index (χ1n) is 9.98. The van der Waals surface area contributed by atoms with Crippen molar-refractivity contribution in [1.82, 2.24) is 30.3 Å². The van der Waals surface area contributed by atoms with Crippen molar-refractivity contribution >= 4 is 17.4 Å². The van der Waals surface area contributed by atoms with Crippen LogP contribution >= 0.6 is 0 Å². The van der Waals surface area contributed by atoms with E-state index in [1.807, 2.05) is 0 Å². The van der Waals surface area contributed by atoms with E-state index in [0.717, 1.165) is 30.8 Å². The Kier molecular flexibility index (Phi) is 4.53. The Hall–Kier alpha value is -3.70. The average Bonchev–Trinajstić information content (AvgIpc) is 3.53. The van der Waals surface area contributed by atoms with Crippen LogP contribution in [0.5, 0.6) is 0 Å². The van der Waals surface area contributed by atoms with Crippen molar-refractivity contribution in [3.63, 3.8) is 0 Å². The van der Waals surface area contributed by atoms with Crippen LogP contribution in [0.1, 0.15) is 30.0 Å². The number of halogens is 3. The maximum absolute atomic E-state index is 12.8. The second kappa shape index (κ2) is 7.18. The number of nitrogens with one attached hydrogen (secondary N) is 2. The van der Waals surface area contributed by atoms with Gasteiger partial charge in [0.15, 0.2) is 5.69 Å². The molecule has 9 nitrogen and oxygen atoms in total. The number of pyridine rings is 1. The Morgan fingerprint density at radius 3 is 2.81 bits per heavy atom. The number of nitrogens with zero attached hydrogens (tertiary/aromatic N) is 5. The second-order valence-electron chi connectivity index (χ2n) is 7.65. The van der Waals surface area contributed by atoms with Crippen molar-refractivity contribution < 1.29 is 22.4 Å². The summed E-state index contributed by atoms with van der Waals surface area (Å²) >= 11 is 0. The quantitative estimate of drug-likeness (QED) is 0.581. The lowest BCUT2D eigenvalue weighted by Crippen LogP contribution is -2.33. The Morgan fingerprint density at radius 2 is 2.16 bits per heavy atom. The number of hydrogen-bond donors (Lipinski definition) is 2. The summed E-state index contributed by atoms with van der Waals surface area (Å²) < 4.78 is 46.2. The molecule has 0 bridgehead atoms. The third-order valence-electron chi connectivity index (χ3n) is 5.75. The number of rotatable bonds is 5. The maximum Gasteiger partial charge on any atom is 0.417 e. The monoisotopic (exact) mass is 445 g/mol. The summed E-state index contributed by atoms with van der Waals surface area (Å²) in [5.41, 5.74) is -0.199. The zero-order chi connectivity index (χ0) is 22.5. The number of hydrogen-bond acceptors (Lipinski definition) is 7. The van der Waals surface area contributed by atoms with Crippen LogP contribution in [0.4, 0.5) is 24.7 Å². The molecule has 32 heavy (non-hydrogen) atoms. The lowest BCUT2D eigenvalue weighted by atomic mass is 9.86. The van der Waals surface area contributed by atoms with Crippen molar-refractivity contribution in [3.05, 3.63) is 48.1 Å². The summed E-state index contributed by atoms with van der Waals surface area (Å²) in [6, 6.07) is 2.20. The van der Waals surface area contributed by atoms with Gasteiger partial charge in [0, 0.05) is 19.3 Å². The highest BCUT2D eigenvalue weighted by atomic mass is 19.4. The minimum Gasteiger partial charge on any atom is -0.418 e. The fraction of sp³-hybridized carbons (Fsp3) is 0.350. The second-order valence-corrected chi connectivity index (χ2v) is 7.65. The topological polar surface area (TPSA) is 111 Å². The molecule has 3 aromatic heterocycles. The number of carbonyl (C=O) groups is 1. The van der Waals surface area contributed by atoms with Gasteiger partial charge in [0.25, 0.3) is 5.89 Å². The van der Waals surface area contributed by atoms with Crippen LogP contribution in [0.2, 0.25) is 0 Å². The van der Waals surface area contributed by atoms with E-state index in [-0.39, 0.29) is 23.5 Å². The largest absolute Gasteiger partial charge is 0.418 e. The standard InChI is InChI=1S/C20H18F3N7O2/c1-2-19(7-8-24-17(19)31)18-28-27-16(32-18)15-14(12-4-3-9-30(12)29-15)26-13-6-5-11(10-25-13)20(21,22)23/h2,5-6,10H,1,3-4,7-9H2,(H,24,31)(H,25,26)/t19-/m0/s1. The fourth-order valence-corrected chi connectivity index (χ4v) is 4.01. The fourth-order valence-electron chi connectivity index (χ4n) is 4.01. The number of aromatic nitrogens is 5. The molecule has 0 aromatic carbocycles. The van der Waals surface area contributed by atoms with E-state index >= 15 is 0 Å². The molecule has 166 valence electrons. The summed E-state index contributed by atoms with van der Waals surface area (Å²) in [5, 5.41) is 18.5. The van der Waals surface area contributed by atoms with E-state index < -0.39 is 17.2 Å². The minimum absolute atomic E-state index is 0.0947. The smallest absolute Gasteiger partial charge is 0.417 e. The van der Waals surface area contributed by atoms with Gasteiger partial charge in [-0.1, -0.05) is 6.08 Å². The summed E-state index contributed by atoms with van der Waals surface area (Å²) in [4.78, 5) is 16.2. The molecular formula is C20H18F3N7O2. The van der Waals surface area contributed by atoms with Crippen LogP contribution in [-0.4, -0.2) is 37.4 Å². The summed E-state index contributed by atoms with van der Waals surface area (Å²) in [6.07, 6.45) is -0.169. The zero-order valence-corrected chi connectivity index (χ0v) is 16.7. The molecule has 0 saturated carbocycles. The first kappa shape index (κ1) is 20.2. The Balaban J connectivity index is 1.51. The normalized spacial score (nSPS) is 20.3. The van der Waals surface area contributed by atoms with E-state index in [0.29, 0.717) is 30.9 Å². The highest BCUT2D eigenvalue weighted by Crippen LogP contribution is 2.38. The molecule has 2 N–H and O–H groups in total. The van der Waals surface area contributed by atoms with E-state index in [1.54, 1.807) is 4.68 Å².